The summed E-state index contributed by atoms with van der Waals surface area (Å²) in [4.78, 5) is 12.1. The number of benzene rings is 2. The Kier molecular flexibility index (Phi) is 8.48. The number of anilines is 1. The van der Waals surface area contributed by atoms with Crippen molar-refractivity contribution in [1.29, 1.82) is 0 Å². The lowest BCUT2D eigenvalue weighted by Gasteiger charge is -2.27. The molecule has 2 aromatic rings. The van der Waals surface area contributed by atoms with Gasteiger partial charge >= 0.3 is 0 Å². The number of rotatable bonds is 6. The van der Waals surface area contributed by atoms with Crippen LogP contribution in [0.3, 0.4) is 0 Å². The molecule has 2 rings (SSSR count). The fraction of sp³-hybridized carbons (Fsp3) is 0.111. The summed E-state index contributed by atoms with van der Waals surface area (Å²) in [6.45, 7) is 0. The van der Waals surface area contributed by atoms with E-state index in [1.807, 2.05) is 30.3 Å². The Morgan fingerprint density at radius 1 is 1.03 bits per heavy atom. The van der Waals surface area contributed by atoms with E-state index in [-0.39, 0.29) is 10.0 Å². The van der Waals surface area contributed by atoms with Crippen LogP contribution in [-0.2, 0) is 14.8 Å². The molecule has 0 aliphatic heterocycles. The van der Waals surface area contributed by atoms with Crippen LogP contribution in [0.1, 0.15) is 5.56 Å². The summed E-state index contributed by atoms with van der Waals surface area (Å²) < 4.78 is 20.7. The molecule has 0 radical (unpaired) electrons. The van der Waals surface area contributed by atoms with Crippen molar-refractivity contribution >= 4 is 79.8 Å². The topological polar surface area (TPSA) is 113 Å². The Morgan fingerprint density at radius 3 is 2.17 bits per heavy atom. The van der Waals surface area contributed by atoms with Crippen molar-refractivity contribution in [3.05, 3.63) is 66.2 Å². The van der Waals surface area contributed by atoms with Crippen LogP contribution in [-0.4, -0.2) is 29.4 Å². The van der Waals surface area contributed by atoms with Crippen molar-refractivity contribution in [2.24, 2.45) is 5.14 Å². The Morgan fingerprint density at radius 2 is 1.63 bits per heavy atom. The minimum absolute atomic E-state index is 0.0296. The van der Waals surface area contributed by atoms with E-state index >= 15 is 0 Å². The van der Waals surface area contributed by atoms with Gasteiger partial charge in [0.1, 0.15) is 6.17 Å². The molecule has 5 N–H and O–H groups in total. The number of amides is 1. The maximum Gasteiger partial charge on any atom is 0.245 e. The minimum atomic E-state index is -3.81. The second-order valence-corrected chi connectivity index (χ2v) is 10.2. The molecule has 30 heavy (non-hydrogen) atoms. The summed E-state index contributed by atoms with van der Waals surface area (Å²) in [5.74, 6) is -0.511. The average Bonchev–Trinajstić information content (AvgIpc) is 2.65. The van der Waals surface area contributed by atoms with E-state index in [1.165, 1.54) is 30.3 Å². The molecule has 0 saturated carbocycles. The molecule has 0 unspecified atom stereocenters. The Balaban J connectivity index is 2.01. The molecule has 1 amide bonds. The quantitative estimate of drug-likeness (QED) is 0.207. The Labute approximate surface area is 194 Å². The highest BCUT2D eigenvalue weighted by Gasteiger charge is 2.34. The lowest BCUT2D eigenvalue weighted by Crippen LogP contribution is -2.55. The van der Waals surface area contributed by atoms with Gasteiger partial charge in [0, 0.05) is 11.8 Å². The smallest absolute Gasteiger partial charge is 0.245 e. The lowest BCUT2D eigenvalue weighted by molar-refractivity contribution is -0.117. The van der Waals surface area contributed by atoms with Crippen LogP contribution >= 0.6 is 47.0 Å². The first-order valence-electron chi connectivity index (χ1n) is 8.26. The molecule has 1 atom stereocenters. The summed E-state index contributed by atoms with van der Waals surface area (Å²) in [5, 5.41) is 13.1. The highest BCUT2D eigenvalue weighted by Crippen LogP contribution is 2.29. The van der Waals surface area contributed by atoms with Gasteiger partial charge in [-0.25, -0.2) is 13.6 Å². The predicted octanol–water partition coefficient (Wildman–Crippen LogP) is 3.15. The van der Waals surface area contributed by atoms with Crippen LogP contribution in [0.5, 0.6) is 0 Å². The molecule has 0 aliphatic rings. The first-order valence-corrected chi connectivity index (χ1v) is 11.3. The standard InChI is InChI=1S/C18H17Cl3N4O3S2/c19-18(20,21)16(24-15(26)11-6-12-4-2-1-3-5-12)25-17(29)23-13-7-9-14(10-8-13)30(22,27)28/h1-11,16H,(H,24,26)(H2,22,27,28)(H2,23,25,29)/b11-6+/t16-/m0/s1. The van der Waals surface area contributed by atoms with Crippen molar-refractivity contribution < 1.29 is 13.2 Å². The van der Waals surface area contributed by atoms with Gasteiger partial charge in [0.05, 0.1) is 4.90 Å². The van der Waals surface area contributed by atoms with Crippen LogP contribution in [0.25, 0.3) is 6.08 Å². The Bertz CT molecular complexity index is 1020. The zero-order chi connectivity index (χ0) is 22.4. The van der Waals surface area contributed by atoms with Gasteiger partial charge in [-0.2, -0.15) is 0 Å². The number of sulfonamides is 1. The van der Waals surface area contributed by atoms with Gasteiger partial charge in [-0.05, 0) is 48.1 Å². The number of alkyl halides is 3. The molecule has 2 aromatic carbocycles. The van der Waals surface area contributed by atoms with Crippen LogP contribution < -0.4 is 21.1 Å². The van der Waals surface area contributed by atoms with Gasteiger partial charge in [0.2, 0.25) is 19.7 Å². The van der Waals surface area contributed by atoms with Gasteiger partial charge in [0.15, 0.2) is 5.11 Å². The number of carbonyl (C=O) groups is 1. The van der Waals surface area contributed by atoms with E-state index in [0.29, 0.717) is 5.69 Å². The second kappa shape index (κ2) is 10.4. The van der Waals surface area contributed by atoms with Gasteiger partial charge in [-0.1, -0.05) is 65.1 Å². The largest absolute Gasteiger partial charge is 0.339 e. The molecule has 7 nitrogen and oxygen atoms in total. The van der Waals surface area contributed by atoms with Crippen LogP contribution in [0.15, 0.2) is 65.6 Å². The van der Waals surface area contributed by atoms with E-state index in [1.54, 1.807) is 6.08 Å². The fourth-order valence-electron chi connectivity index (χ4n) is 2.15. The zero-order valence-electron chi connectivity index (χ0n) is 15.2. The first kappa shape index (κ1) is 24.4. The molecule has 0 fully saturated rings. The van der Waals surface area contributed by atoms with Crippen LogP contribution in [0, 0.1) is 0 Å². The number of primary sulfonamides is 1. The minimum Gasteiger partial charge on any atom is -0.339 e. The normalized spacial score (nSPS) is 12.9. The number of thiocarbonyl (C=S) groups is 1. The molecule has 0 heterocycles. The van der Waals surface area contributed by atoms with Crippen molar-refractivity contribution in [1.82, 2.24) is 10.6 Å². The maximum absolute atomic E-state index is 12.2. The predicted molar refractivity (Wildman–Crippen MR) is 125 cm³/mol. The third-order valence-electron chi connectivity index (χ3n) is 3.56. The molecule has 0 saturated heterocycles. The fourth-order valence-corrected chi connectivity index (χ4v) is 3.23. The third-order valence-corrected chi connectivity index (χ3v) is 5.36. The van der Waals surface area contributed by atoms with Crippen molar-refractivity contribution in [3.8, 4) is 0 Å². The monoisotopic (exact) mass is 506 g/mol. The van der Waals surface area contributed by atoms with Crippen molar-refractivity contribution in [2.45, 2.75) is 14.9 Å². The molecule has 160 valence electrons. The zero-order valence-corrected chi connectivity index (χ0v) is 19.1. The summed E-state index contributed by atoms with van der Waals surface area (Å²) >= 11 is 23.0. The van der Waals surface area contributed by atoms with Crippen molar-refractivity contribution in [3.63, 3.8) is 0 Å². The SMILES string of the molecule is NS(=O)(=O)c1ccc(NC(=S)N[C@H](NC(=O)/C=C/c2ccccc2)C(Cl)(Cl)Cl)cc1. The van der Waals surface area contributed by atoms with Gasteiger partial charge in [-0.15, -0.1) is 0 Å². The van der Waals surface area contributed by atoms with Crippen molar-refractivity contribution in [2.75, 3.05) is 5.32 Å². The van der Waals surface area contributed by atoms with E-state index in [4.69, 9.17) is 52.2 Å². The molecule has 0 aromatic heterocycles. The third kappa shape index (κ3) is 8.10. The molecule has 0 spiro atoms. The first-order chi connectivity index (χ1) is 13.9. The summed E-state index contributed by atoms with van der Waals surface area (Å²) in [6.07, 6.45) is 1.75. The summed E-state index contributed by atoms with van der Waals surface area (Å²) in [5.41, 5.74) is 1.28. The number of hydrogen-bond donors (Lipinski definition) is 4. The molecule has 0 aliphatic carbocycles. The second-order valence-electron chi connectivity index (χ2n) is 5.90. The van der Waals surface area contributed by atoms with E-state index < -0.39 is 25.9 Å². The Hall–Kier alpha value is -1.88. The highest BCUT2D eigenvalue weighted by molar-refractivity contribution is 7.89. The molecule has 0 bridgehead atoms. The number of nitrogens with one attached hydrogen (secondary N) is 3. The number of carbonyl (C=O) groups excluding carboxylic acids is 1. The van der Waals surface area contributed by atoms with Gasteiger partial charge in [-0.3, -0.25) is 4.79 Å². The number of halogens is 3. The van der Waals surface area contributed by atoms with E-state index in [9.17, 15) is 13.2 Å². The van der Waals surface area contributed by atoms with E-state index in [0.717, 1.165) is 5.56 Å². The maximum atomic E-state index is 12.2. The molecular weight excluding hydrogens is 491 g/mol. The lowest BCUT2D eigenvalue weighted by atomic mass is 10.2. The number of hydrogen-bond acceptors (Lipinski definition) is 4. The van der Waals surface area contributed by atoms with E-state index in [2.05, 4.69) is 16.0 Å². The van der Waals surface area contributed by atoms with Gasteiger partial charge < -0.3 is 16.0 Å². The average molecular weight is 508 g/mol. The molecular formula is C18H17Cl3N4O3S2. The summed E-state index contributed by atoms with van der Waals surface area (Å²) in [7, 11) is -3.81. The molecule has 12 heteroatoms. The number of nitrogens with two attached hydrogens (primary N) is 1. The van der Waals surface area contributed by atoms with Crippen LogP contribution in [0.4, 0.5) is 5.69 Å². The highest BCUT2D eigenvalue weighted by atomic mass is 35.6. The van der Waals surface area contributed by atoms with Crippen LogP contribution in [0.2, 0.25) is 0 Å². The summed E-state index contributed by atoms with van der Waals surface area (Å²) in [6, 6.07) is 14.7. The van der Waals surface area contributed by atoms with Gasteiger partial charge in [0.25, 0.3) is 0 Å².